The van der Waals surface area contributed by atoms with E-state index in [0.717, 1.165) is 57.0 Å². The van der Waals surface area contributed by atoms with Gasteiger partial charge in [-0.25, -0.2) is 9.97 Å². The van der Waals surface area contributed by atoms with Crippen molar-refractivity contribution < 1.29 is 9.84 Å². The first kappa shape index (κ1) is 22.8. The van der Waals surface area contributed by atoms with Crippen LogP contribution in [0, 0.1) is 13.8 Å². The largest absolute Gasteiger partial charge is 0.496 e. The second kappa shape index (κ2) is 10.1. The van der Waals surface area contributed by atoms with Crippen LogP contribution in [0.2, 0.25) is 0 Å². The molecular formula is C25H29N5O2S. The van der Waals surface area contributed by atoms with Crippen LogP contribution in [0.25, 0.3) is 16.9 Å². The van der Waals surface area contributed by atoms with E-state index in [1.165, 1.54) is 0 Å². The fraction of sp³-hybridized carbons (Fsp3) is 0.280. The number of aliphatic hydroxyl groups is 1. The number of likely N-dealkylation sites (N-methyl/N-ethyl adjacent to an activating group) is 1. The minimum Gasteiger partial charge on any atom is -0.496 e. The Kier molecular flexibility index (Phi) is 6.96. The molecule has 0 amide bonds. The number of methoxy groups -OCH3 is 1. The van der Waals surface area contributed by atoms with E-state index < -0.39 is 0 Å². The van der Waals surface area contributed by atoms with Crippen LogP contribution in [0.4, 0.5) is 16.5 Å². The third-order valence-electron chi connectivity index (χ3n) is 5.54. The van der Waals surface area contributed by atoms with Crippen LogP contribution in [0.5, 0.6) is 5.75 Å². The van der Waals surface area contributed by atoms with Crippen molar-refractivity contribution in [3.63, 3.8) is 0 Å². The number of ether oxygens (including phenoxy) is 1. The molecule has 0 unspecified atom stereocenters. The molecular weight excluding hydrogens is 434 g/mol. The molecule has 0 radical (unpaired) electrons. The lowest BCUT2D eigenvalue weighted by Crippen LogP contribution is -2.26. The number of hydrogen-bond donors (Lipinski definition) is 2. The predicted octanol–water partition coefficient (Wildman–Crippen LogP) is 5.18. The summed E-state index contributed by atoms with van der Waals surface area (Å²) < 4.78 is 7.64. The van der Waals surface area contributed by atoms with Crippen molar-refractivity contribution in [2.75, 3.05) is 37.0 Å². The van der Waals surface area contributed by atoms with E-state index in [1.807, 2.05) is 41.3 Å². The van der Waals surface area contributed by atoms with E-state index in [9.17, 15) is 5.11 Å². The van der Waals surface area contributed by atoms with Crippen LogP contribution in [-0.2, 0) is 0 Å². The highest BCUT2D eigenvalue weighted by Crippen LogP contribution is 2.35. The van der Waals surface area contributed by atoms with E-state index in [4.69, 9.17) is 9.72 Å². The van der Waals surface area contributed by atoms with E-state index in [0.29, 0.717) is 6.54 Å². The molecule has 33 heavy (non-hydrogen) atoms. The minimum absolute atomic E-state index is 0.140. The van der Waals surface area contributed by atoms with Crippen LogP contribution in [0.15, 0.2) is 54.3 Å². The summed E-state index contributed by atoms with van der Waals surface area (Å²) in [5, 5.41) is 15.6. The molecule has 7 nitrogen and oxygen atoms in total. The van der Waals surface area contributed by atoms with E-state index >= 15 is 0 Å². The first-order valence-corrected chi connectivity index (χ1v) is 11.8. The standard InChI is InChI=1S/C25H29N5O2S/c1-5-29(10-11-31)19-7-9-22(17(2)12-19)27-25-28-23(15-33-25)21-8-6-20(13-24(21)32-4)30-14-18(3)26-16-30/h6-9,12-16,31H,5,10-11H2,1-4H3,(H,27,28). The van der Waals surface area contributed by atoms with Crippen LogP contribution in [0.3, 0.4) is 0 Å². The van der Waals surface area contributed by atoms with Crippen molar-refractivity contribution >= 4 is 27.8 Å². The van der Waals surface area contributed by atoms with E-state index in [-0.39, 0.29) is 6.61 Å². The van der Waals surface area contributed by atoms with Gasteiger partial charge in [-0.05, 0) is 56.7 Å². The third-order valence-corrected chi connectivity index (χ3v) is 6.30. The maximum absolute atomic E-state index is 9.28. The van der Waals surface area contributed by atoms with Gasteiger partial charge >= 0.3 is 0 Å². The maximum Gasteiger partial charge on any atom is 0.187 e. The number of aromatic nitrogens is 3. The van der Waals surface area contributed by atoms with E-state index in [2.05, 4.69) is 47.2 Å². The molecule has 0 aliphatic heterocycles. The first-order chi connectivity index (χ1) is 16.0. The summed E-state index contributed by atoms with van der Waals surface area (Å²) in [7, 11) is 1.68. The SMILES string of the molecule is CCN(CCO)c1ccc(Nc2nc(-c3ccc(-n4cnc(C)c4)cc3OC)cs2)c(C)c1. The Labute approximate surface area is 198 Å². The first-order valence-electron chi connectivity index (χ1n) is 10.9. The van der Waals surface area contributed by atoms with Crippen molar-refractivity contribution in [2.24, 2.45) is 0 Å². The molecule has 2 aromatic heterocycles. The third kappa shape index (κ3) is 5.02. The van der Waals surface area contributed by atoms with Crippen LogP contribution < -0.4 is 15.0 Å². The average molecular weight is 464 g/mol. The summed E-state index contributed by atoms with van der Waals surface area (Å²) in [6.45, 7) is 7.75. The summed E-state index contributed by atoms with van der Waals surface area (Å²) in [5.74, 6) is 0.764. The normalized spacial score (nSPS) is 10.9. The highest BCUT2D eigenvalue weighted by Gasteiger charge is 2.13. The Morgan fingerprint density at radius 3 is 2.70 bits per heavy atom. The summed E-state index contributed by atoms with van der Waals surface area (Å²) >= 11 is 1.56. The van der Waals surface area contributed by atoms with Crippen molar-refractivity contribution in [3.8, 4) is 22.7 Å². The van der Waals surface area contributed by atoms with Crippen molar-refractivity contribution in [3.05, 3.63) is 65.6 Å². The van der Waals surface area contributed by atoms with Gasteiger partial charge in [-0.3, -0.25) is 0 Å². The molecule has 0 aliphatic carbocycles. The van der Waals surface area contributed by atoms with Gasteiger partial charge in [0, 0.05) is 47.7 Å². The summed E-state index contributed by atoms with van der Waals surface area (Å²) in [6, 6.07) is 12.3. The van der Waals surface area contributed by atoms with Gasteiger partial charge in [0.1, 0.15) is 5.75 Å². The monoisotopic (exact) mass is 463 g/mol. The smallest absolute Gasteiger partial charge is 0.187 e. The number of thiazole rings is 1. The highest BCUT2D eigenvalue weighted by atomic mass is 32.1. The molecule has 0 bridgehead atoms. The fourth-order valence-corrected chi connectivity index (χ4v) is 4.48. The van der Waals surface area contributed by atoms with Crippen molar-refractivity contribution in [1.82, 2.24) is 14.5 Å². The van der Waals surface area contributed by atoms with Crippen LogP contribution in [0.1, 0.15) is 18.2 Å². The van der Waals surface area contributed by atoms with Gasteiger partial charge in [-0.2, -0.15) is 0 Å². The lowest BCUT2D eigenvalue weighted by molar-refractivity contribution is 0.302. The fourth-order valence-electron chi connectivity index (χ4n) is 3.76. The van der Waals surface area contributed by atoms with Gasteiger partial charge in [-0.15, -0.1) is 11.3 Å². The molecule has 0 aliphatic rings. The number of imidazole rings is 1. The number of nitrogens with zero attached hydrogens (tertiary/aromatic N) is 4. The molecule has 8 heteroatoms. The number of benzene rings is 2. The Hall–Kier alpha value is -3.36. The van der Waals surface area contributed by atoms with Gasteiger partial charge in [-0.1, -0.05) is 0 Å². The molecule has 2 N–H and O–H groups in total. The molecule has 0 saturated heterocycles. The Morgan fingerprint density at radius 2 is 2.03 bits per heavy atom. The number of aryl methyl sites for hydroxylation is 2. The molecule has 0 fully saturated rings. The quantitative estimate of drug-likeness (QED) is 0.356. The zero-order valence-electron chi connectivity index (χ0n) is 19.4. The van der Waals surface area contributed by atoms with Crippen molar-refractivity contribution in [2.45, 2.75) is 20.8 Å². The molecule has 0 spiro atoms. The number of aliphatic hydroxyl groups excluding tert-OH is 1. The van der Waals surface area contributed by atoms with Gasteiger partial charge in [0.2, 0.25) is 0 Å². The van der Waals surface area contributed by atoms with Gasteiger partial charge in [0.05, 0.1) is 37.1 Å². The van der Waals surface area contributed by atoms with Crippen LogP contribution in [-0.4, -0.2) is 46.4 Å². The second-order valence-electron chi connectivity index (χ2n) is 7.77. The average Bonchev–Trinajstić information content (AvgIpc) is 3.47. The Balaban J connectivity index is 1.55. The number of nitrogens with one attached hydrogen (secondary N) is 1. The molecule has 2 heterocycles. The van der Waals surface area contributed by atoms with Gasteiger partial charge in [0.25, 0.3) is 0 Å². The molecule has 172 valence electrons. The van der Waals surface area contributed by atoms with Crippen LogP contribution >= 0.6 is 11.3 Å². The number of anilines is 3. The summed E-state index contributed by atoms with van der Waals surface area (Å²) in [6.07, 6.45) is 3.78. The molecule has 4 rings (SSSR count). The molecule has 2 aromatic carbocycles. The molecule has 0 atom stereocenters. The second-order valence-corrected chi connectivity index (χ2v) is 8.63. The van der Waals surface area contributed by atoms with Gasteiger partial charge in [0.15, 0.2) is 5.13 Å². The zero-order chi connectivity index (χ0) is 23.4. The maximum atomic E-state index is 9.28. The molecule has 4 aromatic rings. The lowest BCUT2D eigenvalue weighted by atomic mass is 10.1. The van der Waals surface area contributed by atoms with Crippen molar-refractivity contribution in [1.29, 1.82) is 0 Å². The number of hydrogen-bond acceptors (Lipinski definition) is 7. The molecule has 0 saturated carbocycles. The van der Waals surface area contributed by atoms with E-state index in [1.54, 1.807) is 24.8 Å². The highest BCUT2D eigenvalue weighted by molar-refractivity contribution is 7.14. The topological polar surface area (TPSA) is 75.4 Å². The predicted molar refractivity (Wildman–Crippen MR) is 135 cm³/mol. The Bertz CT molecular complexity index is 1230. The summed E-state index contributed by atoms with van der Waals surface area (Å²) in [4.78, 5) is 11.2. The number of rotatable bonds is 9. The van der Waals surface area contributed by atoms with Gasteiger partial charge < -0.3 is 24.6 Å². The Morgan fingerprint density at radius 1 is 1.18 bits per heavy atom. The lowest BCUT2D eigenvalue weighted by Gasteiger charge is -2.23. The summed E-state index contributed by atoms with van der Waals surface area (Å²) in [5.41, 5.74) is 7.00. The minimum atomic E-state index is 0.140. The zero-order valence-corrected chi connectivity index (χ0v) is 20.2.